The molecule has 1 amide bonds. The highest BCUT2D eigenvalue weighted by Crippen LogP contribution is 2.38. The van der Waals surface area contributed by atoms with Crippen LogP contribution in [0.25, 0.3) is 0 Å². The molecule has 0 spiro atoms. The van der Waals surface area contributed by atoms with Crippen molar-refractivity contribution in [1.82, 2.24) is 5.32 Å². The van der Waals surface area contributed by atoms with Crippen LogP contribution in [-0.4, -0.2) is 24.2 Å². The summed E-state index contributed by atoms with van der Waals surface area (Å²) in [6.07, 6.45) is 9.84. The number of aliphatic hydroxyl groups excluding tert-OH is 1. The van der Waals surface area contributed by atoms with Crippen molar-refractivity contribution in [1.29, 1.82) is 5.26 Å². The van der Waals surface area contributed by atoms with Crippen molar-refractivity contribution in [3.63, 3.8) is 0 Å². The van der Waals surface area contributed by atoms with Crippen molar-refractivity contribution >= 4 is 5.91 Å². The van der Waals surface area contributed by atoms with Gasteiger partial charge in [-0.25, -0.2) is 0 Å². The molecule has 0 heterocycles. The third-order valence-corrected chi connectivity index (χ3v) is 5.23. The molecule has 0 aromatic heterocycles. The van der Waals surface area contributed by atoms with E-state index in [2.05, 4.69) is 11.4 Å². The van der Waals surface area contributed by atoms with Crippen LogP contribution in [0, 0.1) is 22.2 Å². The van der Waals surface area contributed by atoms with Gasteiger partial charge in [0, 0.05) is 12.0 Å². The van der Waals surface area contributed by atoms with Crippen molar-refractivity contribution < 1.29 is 9.90 Å². The smallest absolute Gasteiger partial charge is 0.240 e. The molecular formula is C16H26N2O2. The second-order valence-electron chi connectivity index (χ2n) is 6.66. The van der Waals surface area contributed by atoms with Gasteiger partial charge in [0.15, 0.2) is 0 Å². The largest absolute Gasteiger partial charge is 0.396 e. The molecule has 2 aliphatic carbocycles. The van der Waals surface area contributed by atoms with Gasteiger partial charge in [-0.1, -0.05) is 38.5 Å². The van der Waals surface area contributed by atoms with E-state index in [1.165, 1.54) is 6.42 Å². The van der Waals surface area contributed by atoms with E-state index in [4.69, 9.17) is 0 Å². The molecule has 2 N–H and O–H groups in total. The van der Waals surface area contributed by atoms with Crippen molar-refractivity contribution in [2.45, 2.75) is 64.2 Å². The van der Waals surface area contributed by atoms with Crippen LogP contribution in [0.1, 0.15) is 64.2 Å². The van der Waals surface area contributed by atoms with Gasteiger partial charge < -0.3 is 10.4 Å². The Hall–Kier alpha value is -1.08. The Morgan fingerprint density at radius 1 is 1.05 bits per heavy atom. The van der Waals surface area contributed by atoms with Gasteiger partial charge in [0.2, 0.25) is 5.91 Å². The highest BCUT2D eigenvalue weighted by molar-refractivity contribution is 5.85. The average molecular weight is 278 g/mol. The number of nitrogens with zero attached hydrogens (tertiary/aromatic N) is 1. The maximum atomic E-state index is 12.4. The molecular weight excluding hydrogens is 252 g/mol. The van der Waals surface area contributed by atoms with Crippen LogP contribution in [0.2, 0.25) is 0 Å². The minimum atomic E-state index is -0.816. The average Bonchev–Trinajstić information content (AvgIpc) is 2.54. The van der Waals surface area contributed by atoms with E-state index in [0.717, 1.165) is 44.9 Å². The first-order valence-corrected chi connectivity index (χ1v) is 7.97. The number of carbonyl (C=O) groups excluding carboxylic acids is 1. The first-order chi connectivity index (χ1) is 9.66. The van der Waals surface area contributed by atoms with Crippen LogP contribution in [-0.2, 0) is 4.79 Å². The van der Waals surface area contributed by atoms with Gasteiger partial charge in [-0.15, -0.1) is 0 Å². The summed E-state index contributed by atoms with van der Waals surface area (Å²) in [5.41, 5.74) is -0.969. The maximum absolute atomic E-state index is 12.4. The quantitative estimate of drug-likeness (QED) is 0.830. The summed E-state index contributed by atoms with van der Waals surface area (Å²) in [7, 11) is 0. The van der Waals surface area contributed by atoms with Gasteiger partial charge in [0.1, 0.15) is 5.41 Å². The van der Waals surface area contributed by atoms with Crippen LogP contribution in [0.4, 0.5) is 0 Å². The molecule has 4 nitrogen and oxygen atoms in total. The van der Waals surface area contributed by atoms with Gasteiger partial charge in [-0.2, -0.15) is 5.26 Å². The normalized spacial score (nSPS) is 24.6. The van der Waals surface area contributed by atoms with E-state index in [9.17, 15) is 15.2 Å². The molecule has 0 saturated heterocycles. The third kappa shape index (κ3) is 3.15. The number of hydrogen-bond donors (Lipinski definition) is 2. The zero-order chi connectivity index (χ0) is 14.5. The van der Waals surface area contributed by atoms with Crippen LogP contribution in [0.3, 0.4) is 0 Å². The van der Waals surface area contributed by atoms with Crippen molar-refractivity contribution in [2.75, 3.05) is 13.2 Å². The minimum Gasteiger partial charge on any atom is -0.396 e. The first kappa shape index (κ1) is 15.3. The zero-order valence-electron chi connectivity index (χ0n) is 12.3. The lowest BCUT2D eigenvalue weighted by Gasteiger charge is -2.37. The second-order valence-corrected chi connectivity index (χ2v) is 6.66. The molecule has 2 saturated carbocycles. The topological polar surface area (TPSA) is 73.1 Å². The predicted molar refractivity (Wildman–Crippen MR) is 76.7 cm³/mol. The van der Waals surface area contributed by atoms with E-state index in [-0.39, 0.29) is 17.9 Å². The van der Waals surface area contributed by atoms with Crippen LogP contribution in [0.5, 0.6) is 0 Å². The Morgan fingerprint density at radius 2 is 1.60 bits per heavy atom. The Labute approximate surface area is 121 Å². The second kappa shape index (κ2) is 6.58. The van der Waals surface area contributed by atoms with Gasteiger partial charge in [0.25, 0.3) is 0 Å². The SMILES string of the molecule is N#CC1(C(=O)NCC2(CO)CCCCC2)CCCCC1. The molecule has 2 aliphatic rings. The number of nitrogens with one attached hydrogen (secondary N) is 1. The highest BCUT2D eigenvalue weighted by Gasteiger charge is 2.41. The lowest BCUT2D eigenvalue weighted by atomic mass is 9.72. The van der Waals surface area contributed by atoms with E-state index in [0.29, 0.717) is 19.4 Å². The summed E-state index contributed by atoms with van der Waals surface area (Å²) >= 11 is 0. The maximum Gasteiger partial charge on any atom is 0.240 e. The van der Waals surface area contributed by atoms with E-state index in [1.807, 2.05) is 0 Å². The molecule has 0 radical (unpaired) electrons. The molecule has 20 heavy (non-hydrogen) atoms. The summed E-state index contributed by atoms with van der Waals surface area (Å²) in [6.45, 7) is 0.651. The summed E-state index contributed by atoms with van der Waals surface area (Å²) < 4.78 is 0. The standard InChI is InChI=1S/C16H26N2O2/c17-11-16(9-5-2-6-10-16)14(20)18-12-15(13-19)7-3-1-4-8-15/h19H,1-10,12-13H2,(H,18,20). The molecule has 0 aliphatic heterocycles. The fourth-order valence-corrected chi connectivity index (χ4v) is 3.67. The number of aliphatic hydroxyl groups is 1. The van der Waals surface area contributed by atoms with Gasteiger partial charge in [-0.3, -0.25) is 4.79 Å². The highest BCUT2D eigenvalue weighted by atomic mass is 16.3. The molecule has 2 fully saturated rings. The monoisotopic (exact) mass is 278 g/mol. The van der Waals surface area contributed by atoms with E-state index < -0.39 is 5.41 Å². The Balaban J connectivity index is 1.95. The fraction of sp³-hybridized carbons (Fsp3) is 0.875. The predicted octanol–water partition coefficient (Wildman–Crippen LogP) is 2.52. The zero-order valence-corrected chi connectivity index (χ0v) is 12.3. The molecule has 0 aromatic rings. The summed E-state index contributed by atoms with van der Waals surface area (Å²) in [5.74, 6) is -0.113. The molecule has 0 bridgehead atoms. The van der Waals surface area contributed by atoms with Gasteiger partial charge in [-0.05, 0) is 25.7 Å². The van der Waals surface area contributed by atoms with Gasteiger partial charge in [0.05, 0.1) is 12.7 Å². The molecule has 0 unspecified atom stereocenters. The third-order valence-electron chi connectivity index (χ3n) is 5.23. The minimum absolute atomic E-state index is 0.113. The number of amides is 1. The van der Waals surface area contributed by atoms with E-state index in [1.54, 1.807) is 0 Å². The van der Waals surface area contributed by atoms with Crippen molar-refractivity contribution in [3.8, 4) is 6.07 Å². The molecule has 2 rings (SSSR count). The number of carbonyl (C=O) groups is 1. The van der Waals surface area contributed by atoms with Gasteiger partial charge >= 0.3 is 0 Å². The Morgan fingerprint density at radius 3 is 2.10 bits per heavy atom. The Kier molecular flexibility index (Phi) is 5.04. The van der Waals surface area contributed by atoms with Crippen LogP contribution >= 0.6 is 0 Å². The molecule has 4 heteroatoms. The Bertz CT molecular complexity index is 374. The number of nitriles is 1. The summed E-state index contributed by atoms with van der Waals surface area (Å²) in [4.78, 5) is 12.4. The molecule has 0 aromatic carbocycles. The van der Waals surface area contributed by atoms with E-state index >= 15 is 0 Å². The molecule has 112 valence electrons. The van der Waals surface area contributed by atoms with Crippen molar-refractivity contribution in [3.05, 3.63) is 0 Å². The lowest BCUT2D eigenvalue weighted by molar-refractivity contribution is -0.130. The fourth-order valence-electron chi connectivity index (χ4n) is 3.67. The lowest BCUT2D eigenvalue weighted by Crippen LogP contribution is -2.47. The summed E-state index contributed by atoms with van der Waals surface area (Å²) in [6, 6.07) is 2.26. The summed E-state index contributed by atoms with van der Waals surface area (Å²) in [5, 5.41) is 22.1. The van der Waals surface area contributed by atoms with Crippen LogP contribution < -0.4 is 5.32 Å². The molecule has 0 atom stereocenters. The number of hydrogen-bond acceptors (Lipinski definition) is 3. The number of rotatable bonds is 4. The first-order valence-electron chi connectivity index (χ1n) is 7.97. The van der Waals surface area contributed by atoms with Crippen molar-refractivity contribution in [2.24, 2.45) is 10.8 Å². The van der Waals surface area contributed by atoms with Crippen LogP contribution in [0.15, 0.2) is 0 Å².